The van der Waals surface area contributed by atoms with Crippen LogP contribution in [0, 0.1) is 17.1 Å². The predicted molar refractivity (Wildman–Crippen MR) is 84.6 cm³/mol. The molecule has 0 radical (unpaired) electrons. The van der Waals surface area contributed by atoms with E-state index in [-0.39, 0.29) is 5.56 Å². The van der Waals surface area contributed by atoms with Crippen molar-refractivity contribution in [3.05, 3.63) is 59.9 Å². The minimum absolute atomic E-state index is 0.00256. The molecule has 23 heavy (non-hydrogen) atoms. The van der Waals surface area contributed by atoms with Crippen molar-refractivity contribution in [1.29, 1.82) is 5.26 Å². The van der Waals surface area contributed by atoms with E-state index in [1.807, 2.05) is 12.1 Å². The van der Waals surface area contributed by atoms with E-state index in [0.29, 0.717) is 17.1 Å². The number of anilines is 1. The van der Waals surface area contributed by atoms with Crippen LogP contribution in [0.5, 0.6) is 5.75 Å². The lowest BCUT2D eigenvalue weighted by Gasteiger charge is -2.09. The fourth-order valence-corrected chi connectivity index (χ4v) is 2.29. The van der Waals surface area contributed by atoms with Gasteiger partial charge in [0.05, 0.1) is 24.1 Å². The third kappa shape index (κ3) is 2.72. The number of benzene rings is 2. The first kappa shape index (κ1) is 14.6. The van der Waals surface area contributed by atoms with E-state index in [0.717, 1.165) is 11.4 Å². The molecule has 0 aliphatic carbocycles. The molecule has 114 valence electrons. The van der Waals surface area contributed by atoms with E-state index in [4.69, 9.17) is 15.7 Å². The number of methoxy groups -OCH3 is 1. The quantitative estimate of drug-likeness (QED) is 0.806. The van der Waals surface area contributed by atoms with Gasteiger partial charge in [-0.05, 0) is 36.4 Å². The maximum atomic E-state index is 13.9. The van der Waals surface area contributed by atoms with Crippen molar-refractivity contribution in [2.24, 2.45) is 0 Å². The van der Waals surface area contributed by atoms with Crippen molar-refractivity contribution in [2.45, 2.75) is 0 Å². The average molecular weight is 308 g/mol. The number of halogens is 1. The van der Waals surface area contributed by atoms with Crippen LogP contribution >= 0.6 is 0 Å². The van der Waals surface area contributed by atoms with E-state index in [9.17, 15) is 4.39 Å². The largest absolute Gasteiger partial charge is 0.497 e. The molecule has 5 nitrogen and oxygen atoms in total. The third-order valence-corrected chi connectivity index (χ3v) is 3.43. The van der Waals surface area contributed by atoms with Gasteiger partial charge in [0.15, 0.2) is 0 Å². The van der Waals surface area contributed by atoms with Crippen LogP contribution in [-0.2, 0) is 0 Å². The van der Waals surface area contributed by atoms with Gasteiger partial charge < -0.3 is 10.5 Å². The lowest BCUT2D eigenvalue weighted by molar-refractivity contribution is 0.414. The molecule has 0 aliphatic rings. The smallest absolute Gasteiger partial charge is 0.146 e. The van der Waals surface area contributed by atoms with E-state index < -0.39 is 5.82 Å². The Hall–Kier alpha value is -3.33. The van der Waals surface area contributed by atoms with Crippen molar-refractivity contribution in [3.8, 4) is 28.8 Å². The molecular weight excluding hydrogens is 295 g/mol. The van der Waals surface area contributed by atoms with Gasteiger partial charge in [-0.3, -0.25) is 0 Å². The van der Waals surface area contributed by atoms with E-state index in [2.05, 4.69) is 5.10 Å². The van der Waals surface area contributed by atoms with Crippen LogP contribution in [0.25, 0.3) is 16.9 Å². The highest BCUT2D eigenvalue weighted by atomic mass is 19.1. The summed E-state index contributed by atoms with van der Waals surface area (Å²) < 4.78 is 20.6. The molecule has 0 bridgehead atoms. The Labute approximate surface area is 132 Å². The zero-order valence-electron chi connectivity index (χ0n) is 12.3. The van der Waals surface area contributed by atoms with Crippen molar-refractivity contribution >= 4 is 5.82 Å². The summed E-state index contributed by atoms with van der Waals surface area (Å²) in [5.74, 6) is 0.464. The highest BCUT2D eigenvalue weighted by molar-refractivity contribution is 5.66. The van der Waals surface area contributed by atoms with Gasteiger partial charge in [-0.15, -0.1) is 0 Å². The minimum Gasteiger partial charge on any atom is -0.497 e. The van der Waals surface area contributed by atoms with Gasteiger partial charge >= 0.3 is 0 Å². The molecule has 1 heterocycles. The molecule has 0 fully saturated rings. The Morgan fingerprint density at radius 3 is 2.52 bits per heavy atom. The summed E-state index contributed by atoms with van der Waals surface area (Å²) in [6.45, 7) is 0. The van der Waals surface area contributed by atoms with Gasteiger partial charge in [0.2, 0.25) is 0 Å². The lowest BCUT2D eigenvalue weighted by Crippen LogP contribution is -2.00. The number of ether oxygens (including phenoxy) is 1. The van der Waals surface area contributed by atoms with Gasteiger partial charge in [-0.1, -0.05) is 6.07 Å². The number of hydrogen-bond donors (Lipinski definition) is 1. The molecule has 0 aliphatic heterocycles. The minimum atomic E-state index is -0.578. The van der Waals surface area contributed by atoms with Crippen molar-refractivity contribution in [3.63, 3.8) is 0 Å². The maximum absolute atomic E-state index is 13.9. The average Bonchev–Trinajstić information content (AvgIpc) is 2.96. The van der Waals surface area contributed by atoms with Crippen LogP contribution in [0.1, 0.15) is 5.56 Å². The lowest BCUT2D eigenvalue weighted by atomic mass is 10.1. The maximum Gasteiger partial charge on any atom is 0.146 e. The van der Waals surface area contributed by atoms with Crippen LogP contribution in [0.4, 0.5) is 10.2 Å². The first-order chi connectivity index (χ1) is 11.1. The van der Waals surface area contributed by atoms with Crippen molar-refractivity contribution in [2.75, 3.05) is 12.8 Å². The fraction of sp³-hybridized carbons (Fsp3) is 0.0588. The Balaban J connectivity index is 2.10. The number of hydrogen-bond acceptors (Lipinski definition) is 4. The van der Waals surface area contributed by atoms with Gasteiger partial charge in [0.25, 0.3) is 0 Å². The van der Waals surface area contributed by atoms with Crippen LogP contribution < -0.4 is 10.5 Å². The van der Waals surface area contributed by atoms with Crippen molar-refractivity contribution in [1.82, 2.24) is 9.78 Å². The normalized spacial score (nSPS) is 10.3. The zero-order valence-corrected chi connectivity index (χ0v) is 12.3. The first-order valence-corrected chi connectivity index (χ1v) is 6.82. The van der Waals surface area contributed by atoms with Gasteiger partial charge in [0, 0.05) is 11.6 Å². The van der Waals surface area contributed by atoms with Gasteiger partial charge in [0.1, 0.15) is 23.5 Å². The number of aromatic nitrogens is 2. The van der Waals surface area contributed by atoms with Crippen LogP contribution in [-0.4, -0.2) is 16.9 Å². The molecular formula is C17H13FN4O. The first-order valence-electron chi connectivity index (χ1n) is 6.82. The van der Waals surface area contributed by atoms with Crippen LogP contribution in [0.3, 0.4) is 0 Å². The molecule has 6 heteroatoms. The third-order valence-electron chi connectivity index (χ3n) is 3.43. The van der Waals surface area contributed by atoms with E-state index in [1.165, 1.54) is 12.1 Å². The summed E-state index contributed by atoms with van der Waals surface area (Å²) in [6.07, 6.45) is 0. The molecule has 0 saturated carbocycles. The Morgan fingerprint density at radius 2 is 1.91 bits per heavy atom. The molecule has 0 amide bonds. The van der Waals surface area contributed by atoms with Gasteiger partial charge in [-0.2, -0.15) is 10.4 Å². The number of nitriles is 1. The summed E-state index contributed by atoms with van der Waals surface area (Å²) in [5.41, 5.74) is 7.78. The SMILES string of the molecule is COc1ccc(-n2nc(N)cc2-c2ccc(C#N)c(F)c2)cc1. The molecule has 1 aromatic heterocycles. The summed E-state index contributed by atoms with van der Waals surface area (Å²) in [5, 5.41) is 13.1. The molecule has 0 atom stereocenters. The van der Waals surface area contributed by atoms with Crippen LogP contribution in [0.2, 0.25) is 0 Å². The second-order valence-corrected chi connectivity index (χ2v) is 4.87. The fourth-order valence-electron chi connectivity index (χ4n) is 2.29. The van der Waals surface area contributed by atoms with Crippen molar-refractivity contribution < 1.29 is 9.13 Å². The Morgan fingerprint density at radius 1 is 1.17 bits per heavy atom. The number of nitrogens with zero attached hydrogens (tertiary/aromatic N) is 3. The molecule has 0 spiro atoms. The molecule has 0 saturated heterocycles. The Kier molecular flexibility index (Phi) is 3.69. The molecule has 2 N–H and O–H groups in total. The summed E-state index contributed by atoms with van der Waals surface area (Å²) in [4.78, 5) is 0. The summed E-state index contributed by atoms with van der Waals surface area (Å²) in [7, 11) is 1.59. The molecule has 3 aromatic rings. The molecule has 0 unspecified atom stereocenters. The molecule has 2 aromatic carbocycles. The topological polar surface area (TPSA) is 76.9 Å². The van der Waals surface area contributed by atoms with Gasteiger partial charge in [-0.25, -0.2) is 9.07 Å². The summed E-state index contributed by atoms with van der Waals surface area (Å²) in [6, 6.07) is 15.1. The number of nitrogen functional groups attached to an aromatic ring is 1. The summed E-state index contributed by atoms with van der Waals surface area (Å²) >= 11 is 0. The second kappa shape index (κ2) is 5.81. The monoisotopic (exact) mass is 308 g/mol. The Bertz CT molecular complexity index is 894. The standard InChI is InChI=1S/C17H13FN4O/c1-23-14-6-4-13(5-7-14)22-16(9-17(20)21-22)11-2-3-12(10-19)15(18)8-11/h2-9H,1H3,(H2,20,21). The zero-order chi connectivity index (χ0) is 16.4. The highest BCUT2D eigenvalue weighted by Crippen LogP contribution is 2.27. The highest BCUT2D eigenvalue weighted by Gasteiger charge is 2.12. The van der Waals surface area contributed by atoms with E-state index in [1.54, 1.807) is 42.1 Å². The second-order valence-electron chi connectivity index (χ2n) is 4.87. The van der Waals surface area contributed by atoms with E-state index >= 15 is 0 Å². The predicted octanol–water partition coefficient (Wildman–Crippen LogP) is 3.14. The number of rotatable bonds is 3. The molecule has 3 rings (SSSR count). The number of nitrogens with two attached hydrogens (primary N) is 1. The van der Waals surface area contributed by atoms with Crippen LogP contribution in [0.15, 0.2) is 48.5 Å².